The van der Waals surface area contributed by atoms with Gasteiger partial charge < -0.3 is 4.74 Å². The largest absolute Gasteiger partial charge is 0.381 e. The first kappa shape index (κ1) is 8.85. The predicted octanol–water partition coefficient (Wildman–Crippen LogP) is 2.50. The van der Waals surface area contributed by atoms with E-state index in [9.17, 15) is 0 Å². The Morgan fingerprint density at radius 3 is 2.31 bits per heavy atom. The Kier molecular flexibility index (Phi) is 2.42. The smallest absolute Gasteiger partial charge is 0.0576 e. The van der Waals surface area contributed by atoms with Crippen LogP contribution in [0.15, 0.2) is 5.11 Å². The molecule has 0 aromatic heterocycles. The third-order valence-corrected chi connectivity index (χ3v) is 3.50. The van der Waals surface area contributed by atoms with Gasteiger partial charge in [-0.3, -0.25) is 0 Å². The second-order valence-corrected chi connectivity index (χ2v) is 4.18. The summed E-state index contributed by atoms with van der Waals surface area (Å²) in [6, 6.07) is 0.262. The molecule has 0 aromatic carbocycles. The average molecular weight is 181 g/mol. The summed E-state index contributed by atoms with van der Waals surface area (Å²) < 4.78 is 5.34. The van der Waals surface area contributed by atoms with Crippen molar-refractivity contribution in [1.82, 2.24) is 0 Å². The SMILES string of the molecule is COC1CC2CC(N=[N+]=[N-])CC2C1. The molecular weight excluding hydrogens is 166 g/mol. The number of ether oxygens (including phenoxy) is 1. The summed E-state index contributed by atoms with van der Waals surface area (Å²) in [5.74, 6) is 1.50. The van der Waals surface area contributed by atoms with Crippen LogP contribution in [0.25, 0.3) is 10.4 Å². The maximum Gasteiger partial charge on any atom is 0.0576 e. The molecule has 0 heterocycles. The monoisotopic (exact) mass is 181 g/mol. The molecular formula is C9H15N3O. The van der Waals surface area contributed by atoms with Crippen molar-refractivity contribution in [2.75, 3.05) is 7.11 Å². The molecule has 0 spiro atoms. The number of methoxy groups -OCH3 is 1. The number of rotatable bonds is 2. The lowest BCUT2D eigenvalue weighted by molar-refractivity contribution is 0.101. The number of azide groups is 1. The Morgan fingerprint density at radius 2 is 1.85 bits per heavy atom. The first-order valence-electron chi connectivity index (χ1n) is 4.90. The molecule has 4 heteroatoms. The van der Waals surface area contributed by atoms with Gasteiger partial charge in [0.05, 0.1) is 6.10 Å². The first-order valence-corrected chi connectivity index (χ1v) is 4.90. The number of hydrogen-bond donors (Lipinski definition) is 0. The molecule has 2 aliphatic carbocycles. The molecule has 13 heavy (non-hydrogen) atoms. The zero-order valence-corrected chi connectivity index (χ0v) is 7.89. The van der Waals surface area contributed by atoms with Gasteiger partial charge in [-0.1, -0.05) is 5.11 Å². The van der Waals surface area contributed by atoms with E-state index in [0.29, 0.717) is 6.10 Å². The first-order chi connectivity index (χ1) is 6.33. The maximum absolute atomic E-state index is 8.32. The van der Waals surface area contributed by atoms with Gasteiger partial charge in [0.2, 0.25) is 0 Å². The van der Waals surface area contributed by atoms with E-state index in [1.165, 1.54) is 12.8 Å². The van der Waals surface area contributed by atoms with Crippen molar-refractivity contribution in [3.8, 4) is 0 Å². The van der Waals surface area contributed by atoms with Gasteiger partial charge >= 0.3 is 0 Å². The molecule has 4 nitrogen and oxygen atoms in total. The van der Waals surface area contributed by atoms with Crippen LogP contribution in [0.3, 0.4) is 0 Å². The van der Waals surface area contributed by atoms with Gasteiger partial charge in [0, 0.05) is 18.1 Å². The standard InChI is InChI=1S/C9H15N3O/c1-13-9-4-6-2-8(11-12-10)3-7(6)5-9/h6-9H,2-5H2,1H3. The second-order valence-electron chi connectivity index (χ2n) is 4.18. The number of fused-ring (bicyclic) bond motifs is 1. The summed E-state index contributed by atoms with van der Waals surface area (Å²) in [5.41, 5.74) is 8.32. The average Bonchev–Trinajstić information content (AvgIpc) is 2.61. The van der Waals surface area contributed by atoms with E-state index in [4.69, 9.17) is 10.3 Å². The van der Waals surface area contributed by atoms with Crippen molar-refractivity contribution in [2.24, 2.45) is 17.0 Å². The van der Waals surface area contributed by atoms with Gasteiger partial charge in [0.15, 0.2) is 0 Å². The molecule has 0 bridgehead atoms. The van der Waals surface area contributed by atoms with Crippen LogP contribution >= 0.6 is 0 Å². The molecule has 2 rings (SSSR count). The third kappa shape index (κ3) is 1.64. The van der Waals surface area contributed by atoms with Crippen molar-refractivity contribution in [3.05, 3.63) is 10.4 Å². The fourth-order valence-electron chi connectivity index (χ4n) is 2.89. The summed E-state index contributed by atoms with van der Waals surface area (Å²) in [6.07, 6.45) is 4.95. The van der Waals surface area contributed by atoms with Crippen LogP contribution in [0.1, 0.15) is 25.7 Å². The van der Waals surface area contributed by atoms with Crippen molar-refractivity contribution < 1.29 is 4.74 Å². The van der Waals surface area contributed by atoms with Crippen LogP contribution in [-0.2, 0) is 4.74 Å². The van der Waals surface area contributed by atoms with E-state index in [2.05, 4.69) is 10.0 Å². The van der Waals surface area contributed by atoms with Crippen molar-refractivity contribution in [3.63, 3.8) is 0 Å². The highest BCUT2D eigenvalue weighted by Gasteiger charge is 2.41. The molecule has 0 N–H and O–H groups in total. The normalized spacial score (nSPS) is 42.8. The Labute approximate surface area is 77.9 Å². The van der Waals surface area contributed by atoms with Gasteiger partial charge in [-0.25, -0.2) is 0 Å². The summed E-state index contributed by atoms with van der Waals surface area (Å²) in [5, 5.41) is 3.80. The zero-order valence-electron chi connectivity index (χ0n) is 7.89. The van der Waals surface area contributed by atoms with Crippen molar-refractivity contribution in [1.29, 1.82) is 0 Å². The number of nitrogens with zero attached hydrogens (tertiary/aromatic N) is 3. The zero-order chi connectivity index (χ0) is 9.26. The Balaban J connectivity index is 1.93. The van der Waals surface area contributed by atoms with Gasteiger partial charge in [0.1, 0.15) is 0 Å². The Hall–Kier alpha value is -0.730. The molecule has 0 radical (unpaired) electrons. The number of hydrogen-bond acceptors (Lipinski definition) is 2. The van der Waals surface area contributed by atoms with Crippen molar-refractivity contribution in [2.45, 2.75) is 37.8 Å². The van der Waals surface area contributed by atoms with Gasteiger partial charge in [-0.2, -0.15) is 0 Å². The minimum absolute atomic E-state index is 0.262. The highest BCUT2D eigenvalue weighted by atomic mass is 16.5. The summed E-state index contributed by atoms with van der Waals surface area (Å²) in [7, 11) is 1.79. The fraction of sp³-hybridized carbons (Fsp3) is 1.00. The van der Waals surface area contributed by atoms with Gasteiger partial charge in [-0.15, -0.1) is 0 Å². The van der Waals surface area contributed by atoms with Gasteiger partial charge in [-0.05, 0) is 43.1 Å². The third-order valence-electron chi connectivity index (χ3n) is 3.50. The summed E-state index contributed by atoms with van der Waals surface area (Å²) >= 11 is 0. The van der Waals surface area contributed by atoms with Crippen molar-refractivity contribution >= 4 is 0 Å². The van der Waals surface area contributed by atoms with E-state index in [0.717, 1.165) is 24.7 Å². The van der Waals surface area contributed by atoms with Gasteiger partial charge in [0.25, 0.3) is 0 Å². The molecule has 2 aliphatic rings. The molecule has 0 aromatic rings. The van der Waals surface area contributed by atoms with Crippen LogP contribution < -0.4 is 0 Å². The van der Waals surface area contributed by atoms with Crippen LogP contribution in [0.2, 0.25) is 0 Å². The molecule has 72 valence electrons. The Bertz CT molecular complexity index is 223. The van der Waals surface area contributed by atoms with E-state index >= 15 is 0 Å². The highest BCUT2D eigenvalue weighted by molar-refractivity contribution is 4.94. The minimum Gasteiger partial charge on any atom is -0.381 e. The molecule has 0 saturated heterocycles. The molecule has 2 saturated carbocycles. The highest BCUT2D eigenvalue weighted by Crippen LogP contribution is 2.45. The topological polar surface area (TPSA) is 58.0 Å². The van der Waals surface area contributed by atoms with E-state index in [1.807, 2.05) is 0 Å². The second kappa shape index (κ2) is 3.56. The van der Waals surface area contributed by atoms with Crippen LogP contribution in [-0.4, -0.2) is 19.3 Å². The van der Waals surface area contributed by atoms with Crippen LogP contribution in [0.4, 0.5) is 0 Å². The molecule has 2 unspecified atom stereocenters. The minimum atomic E-state index is 0.262. The predicted molar refractivity (Wildman–Crippen MR) is 49.2 cm³/mol. The molecule has 2 atom stereocenters. The Morgan fingerprint density at radius 1 is 1.23 bits per heavy atom. The lowest BCUT2D eigenvalue weighted by Crippen LogP contribution is -2.08. The molecule has 0 aliphatic heterocycles. The molecule has 0 amide bonds. The van der Waals surface area contributed by atoms with E-state index in [1.54, 1.807) is 7.11 Å². The maximum atomic E-state index is 8.32. The van der Waals surface area contributed by atoms with Crippen LogP contribution in [0, 0.1) is 11.8 Å². The van der Waals surface area contributed by atoms with E-state index in [-0.39, 0.29) is 6.04 Å². The quantitative estimate of drug-likeness (QED) is 0.367. The summed E-state index contributed by atoms with van der Waals surface area (Å²) in [4.78, 5) is 2.88. The lowest BCUT2D eigenvalue weighted by atomic mass is 10.0. The molecule has 2 fully saturated rings. The summed E-state index contributed by atoms with van der Waals surface area (Å²) in [6.45, 7) is 0. The van der Waals surface area contributed by atoms with E-state index < -0.39 is 0 Å². The van der Waals surface area contributed by atoms with Crippen LogP contribution in [0.5, 0.6) is 0 Å². The fourth-order valence-corrected chi connectivity index (χ4v) is 2.89. The lowest BCUT2D eigenvalue weighted by Gasteiger charge is -2.09.